The van der Waals surface area contributed by atoms with E-state index in [-0.39, 0.29) is 5.91 Å². The van der Waals surface area contributed by atoms with Gasteiger partial charge in [0.15, 0.2) is 0 Å². The molecule has 2 rings (SSSR count). The van der Waals surface area contributed by atoms with E-state index in [2.05, 4.69) is 10.5 Å². The lowest BCUT2D eigenvalue weighted by molar-refractivity contribution is -0.118. The van der Waals surface area contributed by atoms with E-state index >= 15 is 0 Å². The van der Waals surface area contributed by atoms with Gasteiger partial charge in [-0.15, -0.1) is 11.8 Å². The fourth-order valence-electron chi connectivity index (χ4n) is 2.07. The summed E-state index contributed by atoms with van der Waals surface area (Å²) in [6.07, 6.45) is 0. The summed E-state index contributed by atoms with van der Waals surface area (Å²) in [5, 5.41) is 6.76. The predicted octanol–water partition coefficient (Wildman–Crippen LogP) is 3.03. The van der Waals surface area contributed by atoms with Crippen LogP contribution < -0.4 is 10.1 Å². The number of carbonyl (C=O) groups is 1. The third-order valence-electron chi connectivity index (χ3n) is 3.44. The van der Waals surface area contributed by atoms with Crippen molar-refractivity contribution in [1.29, 1.82) is 0 Å². The van der Waals surface area contributed by atoms with Gasteiger partial charge in [0.05, 0.1) is 18.0 Å². The molecule has 5 nitrogen and oxygen atoms in total. The van der Waals surface area contributed by atoms with Crippen LogP contribution in [0.15, 0.2) is 28.8 Å². The maximum absolute atomic E-state index is 11.8. The molecule has 0 fully saturated rings. The molecule has 23 heavy (non-hydrogen) atoms. The third kappa shape index (κ3) is 5.32. The SMILES string of the molecule is Cc1ccccc1OCCNC(=O)CSCc1c(C)noc1C. The summed E-state index contributed by atoms with van der Waals surface area (Å²) in [5.74, 6) is 2.83. The van der Waals surface area contributed by atoms with Crippen LogP contribution in [0.4, 0.5) is 0 Å². The fourth-order valence-corrected chi connectivity index (χ4v) is 3.08. The molecule has 124 valence electrons. The van der Waals surface area contributed by atoms with Crippen LogP contribution in [0.1, 0.15) is 22.6 Å². The van der Waals surface area contributed by atoms with Gasteiger partial charge in [0.25, 0.3) is 0 Å². The van der Waals surface area contributed by atoms with Gasteiger partial charge in [0, 0.05) is 11.3 Å². The second kappa shape index (κ2) is 8.62. The fraction of sp³-hybridized carbons (Fsp3) is 0.412. The van der Waals surface area contributed by atoms with E-state index < -0.39 is 0 Å². The second-order valence-electron chi connectivity index (χ2n) is 5.26. The molecule has 1 N–H and O–H groups in total. The number of amides is 1. The van der Waals surface area contributed by atoms with Gasteiger partial charge < -0.3 is 14.6 Å². The quantitative estimate of drug-likeness (QED) is 0.752. The molecule has 0 unspecified atom stereocenters. The molecular formula is C17H22N2O3S. The largest absolute Gasteiger partial charge is 0.491 e. The minimum Gasteiger partial charge on any atom is -0.491 e. The Morgan fingerprint density at radius 2 is 2.09 bits per heavy atom. The van der Waals surface area contributed by atoms with Gasteiger partial charge in [-0.05, 0) is 32.4 Å². The van der Waals surface area contributed by atoms with E-state index in [1.165, 1.54) is 0 Å². The lowest BCUT2D eigenvalue weighted by atomic mass is 10.2. The molecule has 0 spiro atoms. The van der Waals surface area contributed by atoms with Crippen molar-refractivity contribution in [2.45, 2.75) is 26.5 Å². The van der Waals surface area contributed by atoms with E-state index in [4.69, 9.17) is 9.26 Å². The minimum atomic E-state index is 0.00939. The number of thioether (sulfide) groups is 1. The van der Waals surface area contributed by atoms with Gasteiger partial charge >= 0.3 is 0 Å². The molecule has 2 aromatic rings. The molecule has 0 aliphatic heterocycles. The molecule has 0 radical (unpaired) electrons. The maximum Gasteiger partial charge on any atom is 0.230 e. The highest BCUT2D eigenvalue weighted by molar-refractivity contribution is 7.99. The smallest absolute Gasteiger partial charge is 0.230 e. The summed E-state index contributed by atoms with van der Waals surface area (Å²) in [7, 11) is 0. The molecule has 0 bridgehead atoms. The highest BCUT2D eigenvalue weighted by atomic mass is 32.2. The average molecular weight is 334 g/mol. The van der Waals surface area contributed by atoms with Crippen LogP contribution in [-0.2, 0) is 10.5 Å². The van der Waals surface area contributed by atoms with Gasteiger partial charge in [-0.2, -0.15) is 0 Å². The molecule has 6 heteroatoms. The molecule has 1 aromatic carbocycles. The zero-order valence-electron chi connectivity index (χ0n) is 13.7. The highest BCUT2D eigenvalue weighted by Gasteiger charge is 2.10. The highest BCUT2D eigenvalue weighted by Crippen LogP contribution is 2.19. The van der Waals surface area contributed by atoms with Gasteiger partial charge in [-0.1, -0.05) is 23.4 Å². The van der Waals surface area contributed by atoms with Crippen molar-refractivity contribution >= 4 is 17.7 Å². The minimum absolute atomic E-state index is 0.00939. The van der Waals surface area contributed by atoms with Gasteiger partial charge in [-0.25, -0.2) is 0 Å². The van der Waals surface area contributed by atoms with E-state index in [0.717, 1.165) is 34.1 Å². The van der Waals surface area contributed by atoms with Crippen LogP contribution in [-0.4, -0.2) is 30.0 Å². The Morgan fingerprint density at radius 1 is 1.30 bits per heavy atom. The van der Waals surface area contributed by atoms with Crippen LogP contribution in [0.5, 0.6) is 5.75 Å². The lowest BCUT2D eigenvalue weighted by Gasteiger charge is -2.09. The summed E-state index contributed by atoms with van der Waals surface area (Å²) >= 11 is 1.55. The van der Waals surface area contributed by atoms with Crippen molar-refractivity contribution in [3.63, 3.8) is 0 Å². The number of benzene rings is 1. The maximum atomic E-state index is 11.8. The molecule has 0 atom stereocenters. The first-order valence-corrected chi connectivity index (χ1v) is 8.68. The van der Waals surface area contributed by atoms with Gasteiger partial charge in [-0.3, -0.25) is 4.79 Å². The van der Waals surface area contributed by atoms with Crippen LogP contribution in [0.2, 0.25) is 0 Å². The molecule has 1 amide bonds. The predicted molar refractivity (Wildman–Crippen MR) is 91.8 cm³/mol. The van der Waals surface area contributed by atoms with Crippen molar-refractivity contribution in [2.75, 3.05) is 18.9 Å². The summed E-state index contributed by atoms with van der Waals surface area (Å²) < 4.78 is 10.7. The number of aromatic nitrogens is 1. The van der Waals surface area contributed by atoms with Gasteiger partial charge in [0.1, 0.15) is 18.1 Å². The number of hydrogen-bond donors (Lipinski definition) is 1. The Hall–Kier alpha value is -1.95. The van der Waals surface area contributed by atoms with Crippen molar-refractivity contribution in [2.24, 2.45) is 0 Å². The number of para-hydroxylation sites is 1. The number of aryl methyl sites for hydroxylation is 3. The lowest BCUT2D eigenvalue weighted by Crippen LogP contribution is -2.29. The van der Waals surface area contributed by atoms with Crippen LogP contribution >= 0.6 is 11.8 Å². The molecule has 0 saturated heterocycles. The molecule has 1 aromatic heterocycles. The Bertz CT molecular complexity index is 636. The molecule has 0 aliphatic carbocycles. The summed E-state index contributed by atoms with van der Waals surface area (Å²) in [6, 6.07) is 7.84. The number of rotatable bonds is 8. The Balaban J connectivity index is 1.61. The zero-order chi connectivity index (χ0) is 16.7. The van der Waals surface area contributed by atoms with E-state index in [0.29, 0.717) is 18.9 Å². The summed E-state index contributed by atoms with van der Waals surface area (Å²) in [6.45, 7) is 6.76. The number of carbonyl (C=O) groups excluding carboxylic acids is 1. The Labute approximate surface area is 140 Å². The van der Waals surface area contributed by atoms with Crippen molar-refractivity contribution in [1.82, 2.24) is 10.5 Å². The molecule has 0 saturated carbocycles. The van der Waals surface area contributed by atoms with Crippen molar-refractivity contribution in [3.05, 3.63) is 46.8 Å². The third-order valence-corrected chi connectivity index (χ3v) is 4.40. The first-order chi connectivity index (χ1) is 11.1. The Morgan fingerprint density at radius 3 is 2.78 bits per heavy atom. The molecular weight excluding hydrogens is 312 g/mol. The first-order valence-electron chi connectivity index (χ1n) is 7.52. The second-order valence-corrected chi connectivity index (χ2v) is 6.25. The normalized spacial score (nSPS) is 10.6. The van der Waals surface area contributed by atoms with Gasteiger partial charge in [0.2, 0.25) is 5.91 Å². The van der Waals surface area contributed by atoms with E-state index in [9.17, 15) is 4.79 Å². The van der Waals surface area contributed by atoms with E-state index in [1.54, 1.807) is 11.8 Å². The summed E-state index contributed by atoms with van der Waals surface area (Å²) in [4.78, 5) is 11.8. The Kier molecular flexibility index (Phi) is 6.52. The number of nitrogens with zero attached hydrogens (tertiary/aromatic N) is 1. The van der Waals surface area contributed by atoms with Crippen LogP contribution in [0.25, 0.3) is 0 Å². The molecule has 0 aliphatic rings. The average Bonchev–Trinajstić information content (AvgIpc) is 2.85. The van der Waals surface area contributed by atoms with Crippen LogP contribution in [0.3, 0.4) is 0 Å². The first kappa shape index (κ1) is 17.4. The number of nitrogens with one attached hydrogen (secondary N) is 1. The number of ether oxygens (including phenoxy) is 1. The topological polar surface area (TPSA) is 64.4 Å². The standard InChI is InChI=1S/C17H22N2O3S/c1-12-6-4-5-7-16(12)21-9-8-18-17(20)11-23-10-15-13(2)19-22-14(15)3/h4-7H,8-11H2,1-3H3,(H,18,20). The molecule has 1 heterocycles. The monoisotopic (exact) mass is 334 g/mol. The van der Waals surface area contributed by atoms with Crippen molar-refractivity contribution < 1.29 is 14.1 Å². The van der Waals surface area contributed by atoms with Crippen LogP contribution in [0, 0.1) is 20.8 Å². The summed E-state index contributed by atoms with van der Waals surface area (Å²) in [5.41, 5.74) is 3.06. The number of hydrogen-bond acceptors (Lipinski definition) is 5. The van der Waals surface area contributed by atoms with Crippen molar-refractivity contribution in [3.8, 4) is 5.75 Å². The zero-order valence-corrected chi connectivity index (χ0v) is 14.5. The van der Waals surface area contributed by atoms with E-state index in [1.807, 2.05) is 45.0 Å².